The lowest BCUT2D eigenvalue weighted by Crippen LogP contribution is -2.63. The van der Waals surface area contributed by atoms with Gasteiger partial charge in [-0.1, -0.05) is 12.1 Å². The van der Waals surface area contributed by atoms with E-state index in [4.69, 9.17) is 0 Å². The number of piperazine rings is 1. The van der Waals surface area contributed by atoms with Crippen molar-refractivity contribution in [2.24, 2.45) is 17.8 Å². The second-order valence-electron chi connectivity index (χ2n) is 10.5. The molecular weight excluding hydrogens is 419 g/mol. The number of benzene rings is 1. The fraction of sp³-hybridized carbons (Fsp3) is 0.708. The van der Waals surface area contributed by atoms with Gasteiger partial charge in [-0.05, 0) is 74.5 Å². The van der Waals surface area contributed by atoms with Gasteiger partial charge in [0.05, 0.1) is 17.2 Å². The molecule has 0 aromatic heterocycles. The molecule has 32 heavy (non-hydrogen) atoms. The molecule has 4 aliphatic carbocycles. The molecule has 0 spiro atoms. The molecule has 5 nitrogen and oxygen atoms in total. The van der Waals surface area contributed by atoms with Crippen molar-refractivity contribution in [1.29, 1.82) is 0 Å². The lowest BCUT2D eigenvalue weighted by Gasteiger charge is -2.58. The number of halogens is 3. The van der Waals surface area contributed by atoms with Crippen LogP contribution in [-0.4, -0.2) is 53.2 Å². The monoisotopic (exact) mass is 451 g/mol. The fourth-order valence-electron chi connectivity index (χ4n) is 7.04. The van der Waals surface area contributed by atoms with Crippen LogP contribution in [0, 0.1) is 17.8 Å². The second-order valence-corrected chi connectivity index (χ2v) is 10.5. The SMILES string of the molecule is CC(C(=O)NC1C2CC3CC1CC(O)(C3)C2)N1CCNCC1c1ccc(C(F)(F)F)cc1. The molecule has 8 heteroatoms. The molecule has 1 heterocycles. The largest absolute Gasteiger partial charge is 0.416 e. The maximum atomic E-state index is 13.3. The average molecular weight is 452 g/mol. The van der Waals surface area contributed by atoms with E-state index < -0.39 is 17.3 Å². The summed E-state index contributed by atoms with van der Waals surface area (Å²) < 4.78 is 38.9. The molecule has 5 aliphatic rings. The molecule has 0 radical (unpaired) electrons. The Morgan fingerprint density at radius 1 is 1.19 bits per heavy atom. The van der Waals surface area contributed by atoms with Crippen LogP contribution in [0.15, 0.2) is 24.3 Å². The van der Waals surface area contributed by atoms with Crippen molar-refractivity contribution in [2.45, 2.75) is 68.9 Å². The van der Waals surface area contributed by atoms with Gasteiger partial charge in [0.15, 0.2) is 0 Å². The number of rotatable bonds is 4. The van der Waals surface area contributed by atoms with Crippen LogP contribution in [0.25, 0.3) is 0 Å². The van der Waals surface area contributed by atoms with E-state index in [-0.39, 0.29) is 24.0 Å². The second kappa shape index (κ2) is 7.99. The molecule has 4 bridgehead atoms. The van der Waals surface area contributed by atoms with E-state index in [0.717, 1.165) is 56.3 Å². The van der Waals surface area contributed by atoms with Crippen LogP contribution in [0.1, 0.15) is 56.2 Å². The smallest absolute Gasteiger partial charge is 0.390 e. The Hall–Kier alpha value is -1.64. The maximum absolute atomic E-state index is 13.3. The summed E-state index contributed by atoms with van der Waals surface area (Å²) in [5, 5.41) is 17.4. The molecule has 176 valence electrons. The molecule has 4 atom stereocenters. The number of nitrogens with one attached hydrogen (secondary N) is 2. The van der Waals surface area contributed by atoms with Crippen molar-refractivity contribution >= 4 is 5.91 Å². The van der Waals surface area contributed by atoms with Gasteiger partial charge in [0.25, 0.3) is 0 Å². The van der Waals surface area contributed by atoms with Gasteiger partial charge < -0.3 is 15.7 Å². The van der Waals surface area contributed by atoms with E-state index in [9.17, 15) is 23.1 Å². The summed E-state index contributed by atoms with van der Waals surface area (Å²) >= 11 is 0. The topological polar surface area (TPSA) is 64.6 Å². The van der Waals surface area contributed by atoms with E-state index in [0.29, 0.717) is 30.8 Å². The van der Waals surface area contributed by atoms with Crippen LogP contribution in [0.5, 0.6) is 0 Å². The van der Waals surface area contributed by atoms with Crippen LogP contribution in [0.4, 0.5) is 13.2 Å². The molecule has 3 N–H and O–H groups in total. The van der Waals surface area contributed by atoms with Crippen LogP contribution in [0.3, 0.4) is 0 Å². The van der Waals surface area contributed by atoms with Crippen LogP contribution in [-0.2, 0) is 11.0 Å². The minimum Gasteiger partial charge on any atom is -0.390 e. The summed E-state index contributed by atoms with van der Waals surface area (Å²) in [5.74, 6) is 1.25. The highest BCUT2D eigenvalue weighted by Gasteiger charge is 2.55. The predicted octanol–water partition coefficient (Wildman–Crippen LogP) is 3.10. The summed E-state index contributed by atoms with van der Waals surface area (Å²) in [6, 6.07) is 4.86. The minimum atomic E-state index is -4.36. The van der Waals surface area contributed by atoms with E-state index >= 15 is 0 Å². The Labute approximate surface area is 186 Å². The molecule has 1 aromatic carbocycles. The van der Waals surface area contributed by atoms with Gasteiger partial charge in [0.2, 0.25) is 5.91 Å². The summed E-state index contributed by atoms with van der Waals surface area (Å²) in [7, 11) is 0. The van der Waals surface area contributed by atoms with Crippen LogP contribution in [0.2, 0.25) is 0 Å². The Morgan fingerprint density at radius 3 is 2.44 bits per heavy atom. The fourth-order valence-corrected chi connectivity index (χ4v) is 7.04. The molecule has 1 aromatic rings. The molecule has 5 fully saturated rings. The first-order valence-electron chi connectivity index (χ1n) is 11.8. The third-order valence-corrected chi connectivity index (χ3v) is 8.33. The van der Waals surface area contributed by atoms with Crippen LogP contribution < -0.4 is 10.6 Å². The minimum absolute atomic E-state index is 0.0201. The molecule has 4 unspecified atom stereocenters. The maximum Gasteiger partial charge on any atom is 0.416 e. The molecule has 1 saturated heterocycles. The summed E-state index contributed by atoms with van der Waals surface area (Å²) in [4.78, 5) is 15.4. The zero-order chi connectivity index (χ0) is 22.7. The normalized spacial score (nSPS) is 38.0. The van der Waals surface area contributed by atoms with Crippen molar-refractivity contribution < 1.29 is 23.1 Å². The van der Waals surface area contributed by atoms with Crippen molar-refractivity contribution in [2.75, 3.05) is 19.6 Å². The molecule has 4 saturated carbocycles. The zero-order valence-corrected chi connectivity index (χ0v) is 18.4. The van der Waals surface area contributed by atoms with Crippen molar-refractivity contribution in [1.82, 2.24) is 15.5 Å². The lowest BCUT2D eigenvalue weighted by atomic mass is 9.52. The summed E-state index contributed by atoms with van der Waals surface area (Å²) in [6.45, 7) is 3.87. The van der Waals surface area contributed by atoms with Gasteiger partial charge in [-0.15, -0.1) is 0 Å². The predicted molar refractivity (Wildman–Crippen MR) is 114 cm³/mol. The third kappa shape index (κ3) is 4.05. The highest BCUT2D eigenvalue weighted by molar-refractivity contribution is 5.81. The van der Waals surface area contributed by atoms with E-state index in [1.807, 2.05) is 6.92 Å². The summed E-state index contributed by atoms with van der Waals surface area (Å²) in [6.07, 6.45) is 0.275. The number of hydrogen-bond acceptors (Lipinski definition) is 4. The molecular formula is C24H32F3N3O2. The number of amides is 1. The highest BCUT2D eigenvalue weighted by Crippen LogP contribution is 2.55. The number of aliphatic hydroxyl groups is 1. The van der Waals surface area contributed by atoms with Gasteiger partial charge in [0.1, 0.15) is 0 Å². The van der Waals surface area contributed by atoms with Gasteiger partial charge in [-0.25, -0.2) is 0 Å². The van der Waals surface area contributed by atoms with E-state index in [2.05, 4.69) is 15.5 Å². The van der Waals surface area contributed by atoms with Gasteiger partial charge >= 0.3 is 6.18 Å². The number of hydrogen-bond donors (Lipinski definition) is 3. The Bertz CT molecular complexity index is 843. The molecule has 1 amide bonds. The Kier molecular flexibility index (Phi) is 5.54. The Morgan fingerprint density at radius 2 is 1.84 bits per heavy atom. The molecule has 6 rings (SSSR count). The van der Waals surface area contributed by atoms with Crippen LogP contribution >= 0.6 is 0 Å². The quantitative estimate of drug-likeness (QED) is 0.658. The van der Waals surface area contributed by atoms with Gasteiger partial charge in [-0.3, -0.25) is 9.69 Å². The summed E-state index contributed by atoms with van der Waals surface area (Å²) in [5.41, 5.74) is -0.414. The number of carbonyl (C=O) groups is 1. The average Bonchev–Trinajstić information content (AvgIpc) is 2.74. The first-order valence-corrected chi connectivity index (χ1v) is 11.8. The number of carbonyl (C=O) groups excluding carboxylic acids is 1. The van der Waals surface area contributed by atoms with Crippen molar-refractivity contribution in [3.63, 3.8) is 0 Å². The molecule has 1 aliphatic heterocycles. The number of alkyl halides is 3. The van der Waals surface area contributed by atoms with E-state index in [1.165, 1.54) is 12.1 Å². The Balaban J connectivity index is 1.28. The van der Waals surface area contributed by atoms with Crippen molar-refractivity contribution in [3.05, 3.63) is 35.4 Å². The van der Waals surface area contributed by atoms with E-state index in [1.54, 1.807) is 0 Å². The lowest BCUT2D eigenvalue weighted by molar-refractivity contribution is -0.149. The van der Waals surface area contributed by atoms with Crippen molar-refractivity contribution in [3.8, 4) is 0 Å². The first kappa shape index (κ1) is 22.2. The zero-order valence-electron chi connectivity index (χ0n) is 18.4. The number of nitrogens with zero attached hydrogens (tertiary/aromatic N) is 1. The first-order chi connectivity index (χ1) is 15.1. The van der Waals surface area contributed by atoms with Gasteiger partial charge in [0, 0.05) is 31.7 Å². The third-order valence-electron chi connectivity index (χ3n) is 8.33. The van der Waals surface area contributed by atoms with Gasteiger partial charge in [-0.2, -0.15) is 13.2 Å². The standard InChI is InChI=1S/C24H32F3N3O2/c1-14(22(31)29-21-17-8-15-9-18(21)12-23(32,10-15)11-17)30-7-6-28-13-20(30)16-2-4-19(5-3-16)24(25,26)27/h2-5,14-15,17-18,20-21,28,32H,6-13H2,1H3,(H,29,31). The highest BCUT2D eigenvalue weighted by atomic mass is 19.4.